The van der Waals surface area contributed by atoms with Crippen LogP contribution in [0.25, 0.3) is 0 Å². The lowest BCUT2D eigenvalue weighted by molar-refractivity contribution is -0.154. The van der Waals surface area contributed by atoms with Gasteiger partial charge in [-0.25, -0.2) is 0 Å². The quantitative estimate of drug-likeness (QED) is 0.644. The molecule has 0 aromatic heterocycles. The van der Waals surface area contributed by atoms with Gasteiger partial charge in [-0.15, -0.1) is 0 Å². The predicted octanol–water partition coefficient (Wildman–Crippen LogP) is 1.38. The summed E-state index contributed by atoms with van der Waals surface area (Å²) in [4.78, 5) is 49.8. The maximum absolute atomic E-state index is 12.5. The number of esters is 1. The molecule has 1 aromatic rings. The first-order valence-corrected chi connectivity index (χ1v) is 9.98. The second kappa shape index (κ2) is 10.8. The van der Waals surface area contributed by atoms with Crippen LogP contribution in [0.5, 0.6) is 0 Å². The van der Waals surface area contributed by atoms with Crippen molar-refractivity contribution in [2.45, 2.75) is 32.7 Å². The molecular formula is C20H26ClN3O5. The Morgan fingerprint density at radius 3 is 2.38 bits per heavy atom. The number of carbonyl (C=O) groups excluding carboxylic acids is 4. The van der Waals surface area contributed by atoms with Gasteiger partial charge in [0, 0.05) is 30.2 Å². The molecular weight excluding hydrogens is 398 g/mol. The summed E-state index contributed by atoms with van der Waals surface area (Å²) in [6, 6.07) is 5.97. The molecule has 0 spiro atoms. The van der Waals surface area contributed by atoms with E-state index in [2.05, 4.69) is 10.6 Å². The Hall–Kier alpha value is -2.61. The van der Waals surface area contributed by atoms with Gasteiger partial charge >= 0.3 is 5.97 Å². The van der Waals surface area contributed by atoms with Crippen molar-refractivity contribution >= 4 is 35.3 Å². The van der Waals surface area contributed by atoms with E-state index in [9.17, 15) is 19.2 Å². The van der Waals surface area contributed by atoms with Crippen molar-refractivity contribution in [2.75, 3.05) is 26.2 Å². The lowest BCUT2D eigenvalue weighted by Gasteiger charge is -2.31. The first-order valence-electron chi connectivity index (χ1n) is 9.60. The zero-order chi connectivity index (χ0) is 21.4. The SMILES string of the molecule is CCNC(=O)[C@@H](C)NC(=O)COC(=O)C1CCN(C(=O)c2ccc(Cl)cc2)CC1. The topological polar surface area (TPSA) is 105 Å². The highest BCUT2D eigenvalue weighted by molar-refractivity contribution is 6.30. The van der Waals surface area contributed by atoms with E-state index < -0.39 is 24.5 Å². The van der Waals surface area contributed by atoms with Crippen molar-refractivity contribution in [3.05, 3.63) is 34.9 Å². The van der Waals surface area contributed by atoms with Gasteiger partial charge in [-0.2, -0.15) is 0 Å². The first-order chi connectivity index (χ1) is 13.8. The fourth-order valence-corrected chi connectivity index (χ4v) is 3.15. The minimum Gasteiger partial charge on any atom is -0.455 e. The summed E-state index contributed by atoms with van der Waals surface area (Å²) in [6.07, 6.45) is 0.935. The number of ether oxygens (including phenoxy) is 1. The third-order valence-corrected chi connectivity index (χ3v) is 4.93. The zero-order valence-corrected chi connectivity index (χ0v) is 17.3. The molecule has 1 aliphatic rings. The molecule has 1 aliphatic heterocycles. The van der Waals surface area contributed by atoms with Crippen LogP contribution in [0.1, 0.15) is 37.0 Å². The number of benzene rings is 1. The van der Waals surface area contributed by atoms with Crippen molar-refractivity contribution in [3.8, 4) is 0 Å². The highest BCUT2D eigenvalue weighted by Crippen LogP contribution is 2.21. The Morgan fingerprint density at radius 1 is 1.17 bits per heavy atom. The Labute approximate surface area is 174 Å². The number of halogens is 1. The largest absolute Gasteiger partial charge is 0.455 e. The number of piperidine rings is 1. The van der Waals surface area contributed by atoms with E-state index in [4.69, 9.17) is 16.3 Å². The van der Waals surface area contributed by atoms with Gasteiger partial charge in [0.05, 0.1) is 5.92 Å². The molecule has 2 N–H and O–H groups in total. The van der Waals surface area contributed by atoms with Gasteiger partial charge in [-0.05, 0) is 51.0 Å². The van der Waals surface area contributed by atoms with Crippen molar-refractivity contribution in [1.29, 1.82) is 0 Å². The summed E-state index contributed by atoms with van der Waals surface area (Å²) in [5, 5.41) is 5.63. The number of amides is 3. The lowest BCUT2D eigenvalue weighted by atomic mass is 9.96. The summed E-state index contributed by atoms with van der Waals surface area (Å²) < 4.78 is 5.08. The monoisotopic (exact) mass is 423 g/mol. The number of carbonyl (C=O) groups is 4. The average Bonchev–Trinajstić information content (AvgIpc) is 2.72. The summed E-state index contributed by atoms with van der Waals surface area (Å²) in [6.45, 7) is 4.23. The van der Waals surface area contributed by atoms with Crippen LogP contribution in [-0.4, -0.2) is 60.9 Å². The molecule has 1 aromatic carbocycles. The molecule has 0 saturated carbocycles. The fourth-order valence-electron chi connectivity index (χ4n) is 3.02. The highest BCUT2D eigenvalue weighted by Gasteiger charge is 2.29. The molecule has 29 heavy (non-hydrogen) atoms. The van der Waals surface area contributed by atoms with Crippen LogP contribution >= 0.6 is 11.6 Å². The molecule has 0 bridgehead atoms. The number of nitrogens with one attached hydrogen (secondary N) is 2. The molecule has 1 saturated heterocycles. The second-order valence-electron chi connectivity index (χ2n) is 6.86. The van der Waals surface area contributed by atoms with Gasteiger partial charge in [0.25, 0.3) is 11.8 Å². The number of hydrogen-bond acceptors (Lipinski definition) is 5. The summed E-state index contributed by atoms with van der Waals surface area (Å²) >= 11 is 5.84. The average molecular weight is 424 g/mol. The summed E-state index contributed by atoms with van der Waals surface area (Å²) in [7, 11) is 0. The van der Waals surface area contributed by atoms with Crippen molar-refractivity contribution in [1.82, 2.24) is 15.5 Å². The lowest BCUT2D eigenvalue weighted by Crippen LogP contribution is -2.46. The number of nitrogens with zero attached hydrogens (tertiary/aromatic N) is 1. The predicted molar refractivity (Wildman–Crippen MR) is 107 cm³/mol. The molecule has 2 rings (SSSR count). The van der Waals surface area contributed by atoms with Gasteiger partial charge in [0.15, 0.2) is 6.61 Å². The molecule has 0 radical (unpaired) electrons. The van der Waals surface area contributed by atoms with Gasteiger partial charge < -0.3 is 20.3 Å². The highest BCUT2D eigenvalue weighted by atomic mass is 35.5. The molecule has 9 heteroatoms. The minimum absolute atomic E-state index is 0.104. The van der Waals surface area contributed by atoms with E-state index >= 15 is 0 Å². The number of rotatable bonds is 7. The van der Waals surface area contributed by atoms with Crippen molar-refractivity contribution in [3.63, 3.8) is 0 Å². The molecule has 0 unspecified atom stereocenters. The maximum atomic E-state index is 12.5. The zero-order valence-electron chi connectivity index (χ0n) is 16.6. The molecule has 1 heterocycles. The molecule has 158 valence electrons. The van der Waals surface area contributed by atoms with E-state index in [0.29, 0.717) is 43.1 Å². The van der Waals surface area contributed by atoms with Crippen LogP contribution < -0.4 is 10.6 Å². The number of likely N-dealkylation sites (tertiary alicyclic amines) is 1. The van der Waals surface area contributed by atoms with Gasteiger partial charge in [-0.3, -0.25) is 19.2 Å². The molecule has 1 atom stereocenters. The summed E-state index contributed by atoms with van der Waals surface area (Å²) in [5.74, 6) is -1.77. The minimum atomic E-state index is -0.705. The first kappa shape index (κ1) is 22.7. The van der Waals surface area contributed by atoms with Gasteiger partial charge in [0.2, 0.25) is 5.91 Å². The van der Waals surface area contributed by atoms with Crippen LogP contribution in [0.3, 0.4) is 0 Å². The van der Waals surface area contributed by atoms with Crippen LogP contribution in [-0.2, 0) is 19.1 Å². The Balaban J connectivity index is 1.74. The second-order valence-corrected chi connectivity index (χ2v) is 7.30. The molecule has 1 fully saturated rings. The van der Waals surface area contributed by atoms with E-state index in [0.717, 1.165) is 0 Å². The Kier molecular flexibility index (Phi) is 8.45. The van der Waals surface area contributed by atoms with Gasteiger partial charge in [-0.1, -0.05) is 11.6 Å². The third-order valence-electron chi connectivity index (χ3n) is 4.67. The van der Waals surface area contributed by atoms with E-state index in [1.54, 1.807) is 43.0 Å². The van der Waals surface area contributed by atoms with E-state index in [1.807, 2.05) is 0 Å². The maximum Gasteiger partial charge on any atom is 0.309 e. The fraction of sp³-hybridized carbons (Fsp3) is 0.500. The van der Waals surface area contributed by atoms with E-state index in [1.165, 1.54) is 0 Å². The van der Waals surface area contributed by atoms with Crippen molar-refractivity contribution in [2.24, 2.45) is 5.92 Å². The van der Waals surface area contributed by atoms with Crippen LogP contribution in [0.15, 0.2) is 24.3 Å². The number of likely N-dealkylation sites (N-methyl/N-ethyl adjacent to an activating group) is 1. The van der Waals surface area contributed by atoms with Crippen LogP contribution in [0.2, 0.25) is 5.02 Å². The molecule has 0 aliphatic carbocycles. The van der Waals surface area contributed by atoms with Crippen LogP contribution in [0.4, 0.5) is 0 Å². The standard InChI is InChI=1S/C20H26ClN3O5/c1-3-22-18(26)13(2)23-17(25)12-29-20(28)15-8-10-24(11-9-15)19(27)14-4-6-16(21)7-5-14/h4-7,13,15H,3,8-12H2,1-2H3,(H,22,26)(H,23,25)/t13-/m1/s1. The normalized spacial score (nSPS) is 15.3. The van der Waals surface area contributed by atoms with E-state index in [-0.39, 0.29) is 17.7 Å². The molecule has 3 amide bonds. The van der Waals surface area contributed by atoms with Gasteiger partial charge in [0.1, 0.15) is 6.04 Å². The Morgan fingerprint density at radius 2 is 1.79 bits per heavy atom. The summed E-state index contributed by atoms with van der Waals surface area (Å²) in [5.41, 5.74) is 0.549. The van der Waals surface area contributed by atoms with Crippen molar-refractivity contribution < 1.29 is 23.9 Å². The molecule has 8 nitrogen and oxygen atoms in total. The Bertz CT molecular complexity index is 745. The van der Waals surface area contributed by atoms with Crippen LogP contribution in [0, 0.1) is 5.92 Å². The third kappa shape index (κ3) is 6.74. The smallest absolute Gasteiger partial charge is 0.309 e. The number of hydrogen-bond donors (Lipinski definition) is 2.